The molecule has 0 bridgehead atoms. The number of carbonyl (C=O) groups excluding carboxylic acids is 1. The van der Waals surface area contributed by atoms with E-state index in [0.29, 0.717) is 6.54 Å². The first kappa shape index (κ1) is 18.0. The molecule has 0 spiro atoms. The van der Waals surface area contributed by atoms with E-state index in [9.17, 15) is 4.79 Å². The number of anilines is 1. The molecule has 1 unspecified atom stereocenters. The smallest absolute Gasteiger partial charge is 0.287 e. The number of hydrogen-bond acceptors (Lipinski definition) is 2. The molecule has 2 N–H and O–H groups in total. The minimum absolute atomic E-state index is 0.0195. The van der Waals surface area contributed by atoms with Crippen LogP contribution in [0.25, 0.3) is 0 Å². The van der Waals surface area contributed by atoms with Gasteiger partial charge in [0.2, 0.25) is 0 Å². The van der Waals surface area contributed by atoms with Crippen LogP contribution < -0.4 is 10.2 Å². The monoisotopic (exact) mass is 349 g/mol. The zero-order chi connectivity index (χ0) is 18.5. The number of rotatable bonds is 6. The molecule has 1 aromatic heterocycles. The molecule has 0 aliphatic carbocycles. The Kier molecular flexibility index (Phi) is 5.54. The summed E-state index contributed by atoms with van der Waals surface area (Å²) in [5.41, 5.74) is 4.03. The van der Waals surface area contributed by atoms with E-state index in [0.717, 1.165) is 33.0 Å². The molecule has 1 heterocycles. The SMILES string of the molecule is Cc1ccc(C)c(NC(=O)[C@H](c2ccccc2)[NH+](C)Cc2ccco2)c1. The third-order valence-electron chi connectivity index (χ3n) is 4.57. The third-order valence-corrected chi connectivity index (χ3v) is 4.57. The van der Waals surface area contributed by atoms with Crippen LogP contribution in [-0.4, -0.2) is 13.0 Å². The van der Waals surface area contributed by atoms with Crippen molar-refractivity contribution in [3.63, 3.8) is 0 Å². The second-order valence-electron chi connectivity index (χ2n) is 6.75. The van der Waals surface area contributed by atoms with Crippen molar-refractivity contribution in [2.75, 3.05) is 12.4 Å². The fourth-order valence-electron chi connectivity index (χ4n) is 3.17. The van der Waals surface area contributed by atoms with Crippen molar-refractivity contribution in [1.82, 2.24) is 0 Å². The largest absolute Gasteiger partial charge is 0.463 e. The number of aryl methyl sites for hydroxylation is 2. The lowest BCUT2D eigenvalue weighted by molar-refractivity contribution is -0.916. The number of carbonyl (C=O) groups is 1. The quantitative estimate of drug-likeness (QED) is 0.717. The van der Waals surface area contributed by atoms with Gasteiger partial charge >= 0.3 is 0 Å². The number of hydrogen-bond donors (Lipinski definition) is 2. The summed E-state index contributed by atoms with van der Waals surface area (Å²) < 4.78 is 5.47. The highest BCUT2D eigenvalue weighted by Gasteiger charge is 2.30. The van der Waals surface area contributed by atoms with Crippen LogP contribution >= 0.6 is 0 Å². The number of quaternary nitrogens is 1. The maximum absolute atomic E-state index is 13.2. The van der Waals surface area contributed by atoms with Gasteiger partial charge in [0.15, 0.2) is 11.8 Å². The first-order valence-electron chi connectivity index (χ1n) is 8.82. The Morgan fingerprint density at radius 1 is 1.08 bits per heavy atom. The highest BCUT2D eigenvalue weighted by molar-refractivity contribution is 5.95. The van der Waals surface area contributed by atoms with Gasteiger partial charge in [-0.2, -0.15) is 0 Å². The van der Waals surface area contributed by atoms with Crippen molar-refractivity contribution in [3.05, 3.63) is 89.4 Å². The lowest BCUT2D eigenvalue weighted by Gasteiger charge is -2.24. The molecule has 0 fully saturated rings. The highest BCUT2D eigenvalue weighted by atomic mass is 16.3. The average molecular weight is 349 g/mol. The maximum atomic E-state index is 13.2. The predicted molar refractivity (Wildman–Crippen MR) is 103 cm³/mol. The Hall–Kier alpha value is -2.85. The van der Waals surface area contributed by atoms with E-state index in [1.807, 2.05) is 81.6 Å². The minimum atomic E-state index is -0.332. The van der Waals surface area contributed by atoms with Crippen LogP contribution in [0.2, 0.25) is 0 Å². The number of likely N-dealkylation sites (N-methyl/N-ethyl adjacent to an activating group) is 1. The van der Waals surface area contributed by atoms with Gasteiger partial charge in [0, 0.05) is 11.3 Å². The van der Waals surface area contributed by atoms with Crippen molar-refractivity contribution in [2.24, 2.45) is 0 Å². The summed E-state index contributed by atoms with van der Waals surface area (Å²) in [6.45, 7) is 4.66. The first-order valence-corrected chi connectivity index (χ1v) is 8.82. The van der Waals surface area contributed by atoms with Crippen molar-refractivity contribution in [3.8, 4) is 0 Å². The molecule has 2 aromatic carbocycles. The van der Waals surface area contributed by atoms with Crippen molar-refractivity contribution in [1.29, 1.82) is 0 Å². The lowest BCUT2D eigenvalue weighted by atomic mass is 10.0. The van der Waals surface area contributed by atoms with Gasteiger partial charge in [-0.25, -0.2) is 0 Å². The number of benzene rings is 2. The minimum Gasteiger partial charge on any atom is -0.463 e. The Labute approximate surface area is 154 Å². The summed E-state index contributed by atoms with van der Waals surface area (Å²) >= 11 is 0. The number of furan rings is 1. The lowest BCUT2D eigenvalue weighted by Crippen LogP contribution is -3.09. The van der Waals surface area contributed by atoms with Crippen LogP contribution in [-0.2, 0) is 11.3 Å². The summed E-state index contributed by atoms with van der Waals surface area (Å²) in [4.78, 5) is 14.2. The van der Waals surface area contributed by atoms with E-state index in [4.69, 9.17) is 4.42 Å². The molecule has 2 atom stereocenters. The first-order chi connectivity index (χ1) is 12.5. The van der Waals surface area contributed by atoms with Gasteiger partial charge < -0.3 is 14.6 Å². The molecule has 3 aromatic rings. The zero-order valence-electron chi connectivity index (χ0n) is 15.5. The van der Waals surface area contributed by atoms with E-state index in [1.165, 1.54) is 0 Å². The third kappa shape index (κ3) is 4.21. The van der Waals surface area contributed by atoms with Crippen molar-refractivity contribution < 1.29 is 14.1 Å². The second kappa shape index (κ2) is 8.02. The Bertz CT molecular complexity index is 857. The molecular weight excluding hydrogens is 324 g/mol. The zero-order valence-corrected chi connectivity index (χ0v) is 15.5. The molecule has 134 valence electrons. The van der Waals surface area contributed by atoms with Crippen LogP contribution in [0.4, 0.5) is 5.69 Å². The van der Waals surface area contributed by atoms with Crippen molar-refractivity contribution >= 4 is 11.6 Å². The fraction of sp³-hybridized carbons (Fsp3) is 0.227. The van der Waals surface area contributed by atoms with Gasteiger partial charge in [-0.05, 0) is 43.2 Å². The molecular formula is C22H25N2O2+. The van der Waals surface area contributed by atoms with Gasteiger partial charge in [0.05, 0.1) is 13.3 Å². The summed E-state index contributed by atoms with van der Waals surface area (Å²) in [7, 11) is 2.02. The summed E-state index contributed by atoms with van der Waals surface area (Å²) in [5.74, 6) is 0.844. The molecule has 4 heteroatoms. The summed E-state index contributed by atoms with van der Waals surface area (Å²) in [5, 5.41) is 3.12. The fourth-order valence-corrected chi connectivity index (χ4v) is 3.17. The topological polar surface area (TPSA) is 46.7 Å². The van der Waals surface area contributed by atoms with Crippen LogP contribution in [0.1, 0.15) is 28.5 Å². The van der Waals surface area contributed by atoms with Gasteiger partial charge in [0.25, 0.3) is 5.91 Å². The molecule has 0 aliphatic rings. The van der Waals surface area contributed by atoms with Gasteiger partial charge in [0.1, 0.15) is 6.54 Å². The van der Waals surface area contributed by atoms with E-state index in [1.54, 1.807) is 6.26 Å². The van der Waals surface area contributed by atoms with E-state index in [-0.39, 0.29) is 11.9 Å². The van der Waals surface area contributed by atoms with Gasteiger partial charge in [-0.1, -0.05) is 42.5 Å². The normalized spacial score (nSPS) is 13.2. The Balaban J connectivity index is 1.87. The molecule has 0 radical (unpaired) electrons. The summed E-state index contributed by atoms with van der Waals surface area (Å²) in [6.07, 6.45) is 1.66. The predicted octanol–water partition coefficient (Wildman–Crippen LogP) is 3.29. The van der Waals surface area contributed by atoms with E-state index in [2.05, 4.69) is 5.32 Å². The summed E-state index contributed by atoms with van der Waals surface area (Å²) in [6, 6.07) is 19.5. The Morgan fingerprint density at radius 2 is 1.85 bits per heavy atom. The highest BCUT2D eigenvalue weighted by Crippen LogP contribution is 2.19. The molecule has 26 heavy (non-hydrogen) atoms. The Morgan fingerprint density at radius 3 is 2.54 bits per heavy atom. The van der Waals surface area contributed by atoms with E-state index >= 15 is 0 Å². The van der Waals surface area contributed by atoms with Crippen LogP contribution in [0, 0.1) is 13.8 Å². The van der Waals surface area contributed by atoms with Crippen LogP contribution in [0.15, 0.2) is 71.3 Å². The van der Waals surface area contributed by atoms with Gasteiger partial charge in [-0.3, -0.25) is 4.79 Å². The average Bonchev–Trinajstić information content (AvgIpc) is 3.12. The van der Waals surface area contributed by atoms with Crippen molar-refractivity contribution in [2.45, 2.75) is 26.4 Å². The number of amides is 1. The van der Waals surface area contributed by atoms with Crippen LogP contribution in [0.3, 0.4) is 0 Å². The molecule has 1 amide bonds. The van der Waals surface area contributed by atoms with Gasteiger partial charge in [-0.15, -0.1) is 0 Å². The number of nitrogens with one attached hydrogen (secondary N) is 2. The maximum Gasteiger partial charge on any atom is 0.287 e. The van der Waals surface area contributed by atoms with Crippen LogP contribution in [0.5, 0.6) is 0 Å². The van der Waals surface area contributed by atoms with E-state index < -0.39 is 0 Å². The molecule has 0 saturated carbocycles. The molecule has 4 nitrogen and oxygen atoms in total. The second-order valence-corrected chi connectivity index (χ2v) is 6.75. The molecule has 3 rings (SSSR count). The molecule has 0 aliphatic heterocycles. The standard InChI is InChI=1S/C22H24N2O2/c1-16-11-12-17(2)20(14-16)23-22(25)21(18-8-5-4-6-9-18)24(3)15-19-10-7-13-26-19/h4-14,21H,15H2,1-3H3,(H,23,25)/p+1/t21-/m0/s1. The molecule has 0 saturated heterocycles.